The van der Waals surface area contributed by atoms with E-state index in [1.165, 1.54) is 24.0 Å². The summed E-state index contributed by atoms with van der Waals surface area (Å²) in [6, 6.07) is 5.96. The van der Waals surface area contributed by atoms with Gasteiger partial charge in [0.25, 0.3) is 0 Å². The van der Waals surface area contributed by atoms with E-state index in [2.05, 4.69) is 48.6 Å². The Balaban J connectivity index is 2.01. The number of fused-ring (bicyclic) bond motifs is 1. The second kappa shape index (κ2) is 7.10. The Kier molecular flexibility index (Phi) is 5.45. The lowest BCUT2D eigenvalue weighted by Gasteiger charge is -2.19. The molecule has 2 amide bonds. The zero-order valence-electron chi connectivity index (χ0n) is 10.5. The molecular weight excluding hydrogens is 372 g/mol. The molecule has 1 aliphatic rings. The largest absolute Gasteiger partial charge is 0.333 e. The average molecular weight is 388 g/mol. The van der Waals surface area contributed by atoms with E-state index in [0.29, 0.717) is 6.54 Å². The predicted octanol–water partition coefficient (Wildman–Crippen LogP) is 4.32. The van der Waals surface area contributed by atoms with E-state index in [0.717, 1.165) is 23.0 Å². The van der Waals surface area contributed by atoms with Crippen LogP contribution in [0.2, 0.25) is 0 Å². The van der Waals surface area contributed by atoms with Crippen molar-refractivity contribution in [3.05, 3.63) is 38.8 Å². The van der Waals surface area contributed by atoms with Crippen molar-refractivity contribution in [2.24, 2.45) is 0 Å². The highest BCUT2D eigenvalue weighted by atomic mass is 79.9. The molecule has 1 aliphatic carbocycles. The van der Waals surface area contributed by atoms with Gasteiger partial charge >= 0.3 is 6.03 Å². The molecule has 2 N–H and O–H groups in total. The van der Waals surface area contributed by atoms with Crippen LogP contribution in [0, 0.1) is 0 Å². The smallest absolute Gasteiger partial charge is 0.319 e. The van der Waals surface area contributed by atoms with E-state index in [9.17, 15) is 4.79 Å². The molecule has 19 heavy (non-hydrogen) atoms. The fourth-order valence-electron chi connectivity index (χ4n) is 2.27. The van der Waals surface area contributed by atoms with Crippen LogP contribution in [0.1, 0.15) is 24.0 Å². The highest BCUT2D eigenvalue weighted by Gasteiger charge is 2.14. The average Bonchev–Trinajstić information content (AvgIpc) is 2.45. The molecule has 0 saturated carbocycles. The number of urea groups is 1. The summed E-state index contributed by atoms with van der Waals surface area (Å²) in [5, 5.41) is 5.73. The molecular formula is C14H16Br2N2O. The number of carbonyl (C=O) groups excluding carboxylic acids is 1. The second-order valence-corrected chi connectivity index (χ2v) is 5.99. The maximum absolute atomic E-state index is 11.8. The first-order chi connectivity index (χ1) is 9.20. The minimum Gasteiger partial charge on any atom is -0.333 e. The molecule has 1 aromatic rings. The summed E-state index contributed by atoms with van der Waals surface area (Å²) >= 11 is 6.52. The van der Waals surface area contributed by atoms with Crippen molar-refractivity contribution >= 4 is 43.6 Å². The third-order valence-electron chi connectivity index (χ3n) is 3.18. The molecule has 0 fully saturated rings. The summed E-state index contributed by atoms with van der Waals surface area (Å²) in [5.74, 6) is 0. The fraction of sp³-hybridized carbons (Fsp3) is 0.357. The highest BCUT2D eigenvalue weighted by molar-refractivity contribution is 9.14. The van der Waals surface area contributed by atoms with Gasteiger partial charge in [-0.15, -0.1) is 0 Å². The summed E-state index contributed by atoms with van der Waals surface area (Å²) in [6.07, 6.45) is 4.61. The second-order valence-electron chi connectivity index (χ2n) is 4.51. The van der Waals surface area contributed by atoms with E-state index in [4.69, 9.17) is 0 Å². The molecule has 2 rings (SSSR count). The van der Waals surface area contributed by atoms with Crippen molar-refractivity contribution in [2.75, 3.05) is 11.9 Å². The maximum Gasteiger partial charge on any atom is 0.319 e. The summed E-state index contributed by atoms with van der Waals surface area (Å²) in [7, 11) is 0. The molecule has 5 heteroatoms. The van der Waals surface area contributed by atoms with Crippen LogP contribution in [0.5, 0.6) is 0 Å². The van der Waals surface area contributed by atoms with Crippen molar-refractivity contribution < 1.29 is 4.79 Å². The number of hydrogen-bond acceptors (Lipinski definition) is 1. The van der Waals surface area contributed by atoms with Crippen LogP contribution in [0.15, 0.2) is 27.7 Å². The van der Waals surface area contributed by atoms with E-state index in [1.807, 2.05) is 12.1 Å². The van der Waals surface area contributed by atoms with Crippen molar-refractivity contribution in [2.45, 2.75) is 25.7 Å². The van der Waals surface area contributed by atoms with Gasteiger partial charge in [-0.3, -0.25) is 0 Å². The first-order valence-electron chi connectivity index (χ1n) is 6.31. The fourth-order valence-corrected chi connectivity index (χ4v) is 2.57. The summed E-state index contributed by atoms with van der Waals surface area (Å²) < 4.78 is 0.887. The van der Waals surface area contributed by atoms with Gasteiger partial charge in [0, 0.05) is 10.2 Å². The van der Waals surface area contributed by atoms with Crippen molar-refractivity contribution in [3.63, 3.8) is 0 Å². The zero-order valence-corrected chi connectivity index (χ0v) is 13.7. The van der Waals surface area contributed by atoms with Crippen LogP contribution < -0.4 is 10.6 Å². The van der Waals surface area contributed by atoms with Gasteiger partial charge < -0.3 is 10.6 Å². The van der Waals surface area contributed by atoms with Gasteiger partial charge in [-0.1, -0.05) is 44.0 Å². The molecule has 0 bridgehead atoms. The van der Waals surface area contributed by atoms with Crippen LogP contribution in [0.4, 0.5) is 10.5 Å². The summed E-state index contributed by atoms with van der Waals surface area (Å²) in [6.45, 7) is 0.464. The molecule has 3 nitrogen and oxygen atoms in total. The van der Waals surface area contributed by atoms with Gasteiger partial charge in [0.1, 0.15) is 0 Å². The minimum absolute atomic E-state index is 0.176. The molecule has 0 spiro atoms. The van der Waals surface area contributed by atoms with Gasteiger partial charge in [0.05, 0.1) is 6.54 Å². The summed E-state index contributed by atoms with van der Waals surface area (Å²) in [5.41, 5.74) is 3.60. The molecule has 102 valence electrons. The molecule has 1 aromatic carbocycles. The van der Waals surface area contributed by atoms with Gasteiger partial charge in [-0.25, -0.2) is 4.79 Å². The monoisotopic (exact) mass is 386 g/mol. The third kappa shape index (κ3) is 4.08. The molecule has 0 aliphatic heterocycles. The number of benzene rings is 1. The Bertz CT molecular complexity index is 500. The Hall–Kier alpha value is -0.810. The first-order valence-corrected chi connectivity index (χ1v) is 8.02. The Labute approximate surface area is 130 Å². The van der Waals surface area contributed by atoms with E-state index < -0.39 is 0 Å². The van der Waals surface area contributed by atoms with Gasteiger partial charge in [0.2, 0.25) is 0 Å². The van der Waals surface area contributed by atoms with Crippen LogP contribution in [-0.4, -0.2) is 12.6 Å². The van der Waals surface area contributed by atoms with E-state index >= 15 is 0 Å². The molecule has 0 saturated heterocycles. The van der Waals surface area contributed by atoms with Gasteiger partial charge in [0.15, 0.2) is 0 Å². The Morgan fingerprint density at radius 3 is 2.89 bits per heavy atom. The third-order valence-corrected chi connectivity index (χ3v) is 4.86. The SMILES string of the molecule is O=C(NC/C(Br)=C/Br)Nc1cccc2c1CCCC2. The maximum atomic E-state index is 11.8. The molecule has 0 unspecified atom stereocenters. The van der Waals surface area contributed by atoms with Crippen molar-refractivity contribution in [1.29, 1.82) is 0 Å². The lowest BCUT2D eigenvalue weighted by atomic mass is 9.90. The number of aryl methyl sites for hydroxylation is 1. The van der Waals surface area contributed by atoms with Crippen LogP contribution in [-0.2, 0) is 12.8 Å². The van der Waals surface area contributed by atoms with Crippen LogP contribution in [0.3, 0.4) is 0 Å². The lowest BCUT2D eigenvalue weighted by Crippen LogP contribution is -2.30. The van der Waals surface area contributed by atoms with Crippen molar-refractivity contribution in [3.8, 4) is 0 Å². The van der Waals surface area contributed by atoms with Gasteiger partial charge in [-0.2, -0.15) is 0 Å². The minimum atomic E-state index is -0.176. The Morgan fingerprint density at radius 1 is 1.32 bits per heavy atom. The normalized spacial score (nSPS) is 14.7. The lowest BCUT2D eigenvalue weighted by molar-refractivity contribution is 0.253. The zero-order chi connectivity index (χ0) is 13.7. The number of anilines is 1. The standard InChI is InChI=1S/C14H16Br2N2O/c15-8-11(16)9-17-14(19)18-13-7-3-5-10-4-1-2-6-12(10)13/h3,5,7-8H,1-2,4,6,9H2,(H2,17,18,19)/b11-8-. The number of carbonyl (C=O) groups is 1. The topological polar surface area (TPSA) is 41.1 Å². The molecule has 0 aromatic heterocycles. The predicted molar refractivity (Wildman–Crippen MR) is 86.0 cm³/mol. The first kappa shape index (κ1) is 14.6. The van der Waals surface area contributed by atoms with Crippen LogP contribution in [0.25, 0.3) is 0 Å². The number of nitrogens with one attached hydrogen (secondary N) is 2. The molecule has 0 radical (unpaired) electrons. The van der Waals surface area contributed by atoms with Crippen LogP contribution >= 0.6 is 31.9 Å². The molecule has 0 heterocycles. The number of rotatable bonds is 3. The molecule has 0 atom stereocenters. The van der Waals surface area contributed by atoms with Gasteiger partial charge in [-0.05, 0) is 47.9 Å². The van der Waals surface area contributed by atoms with Crippen molar-refractivity contribution in [1.82, 2.24) is 5.32 Å². The highest BCUT2D eigenvalue weighted by Crippen LogP contribution is 2.27. The summed E-state index contributed by atoms with van der Waals surface area (Å²) in [4.78, 5) is 13.6. The number of amides is 2. The Morgan fingerprint density at radius 2 is 2.11 bits per heavy atom. The number of halogens is 2. The van der Waals surface area contributed by atoms with E-state index in [1.54, 1.807) is 4.99 Å². The number of hydrogen-bond donors (Lipinski definition) is 2. The van der Waals surface area contributed by atoms with E-state index in [-0.39, 0.29) is 6.03 Å². The quantitative estimate of drug-likeness (QED) is 0.796.